The molecule has 0 radical (unpaired) electrons. The molecule has 42 heavy (non-hydrogen) atoms. The van der Waals surface area contributed by atoms with E-state index in [4.69, 9.17) is 22.3 Å². The van der Waals surface area contributed by atoms with Gasteiger partial charge in [-0.2, -0.15) is 0 Å². The number of aryl methyl sites for hydroxylation is 1. The minimum atomic E-state index is -0.452. The number of primary amides is 1. The molecule has 1 saturated heterocycles. The third-order valence-electron chi connectivity index (χ3n) is 7.50. The van der Waals surface area contributed by atoms with Crippen molar-refractivity contribution >= 4 is 58.1 Å². The van der Waals surface area contributed by atoms with Crippen LogP contribution >= 0.6 is 23.4 Å². The molecule has 1 unspecified atom stereocenters. The summed E-state index contributed by atoms with van der Waals surface area (Å²) in [7, 11) is 0. The molecule has 0 bridgehead atoms. The number of nitrogens with zero attached hydrogens (tertiary/aromatic N) is 3. The maximum atomic E-state index is 13.9. The summed E-state index contributed by atoms with van der Waals surface area (Å²) in [4.78, 5) is 46.6. The summed E-state index contributed by atoms with van der Waals surface area (Å²) >= 11 is 7.80. The second-order valence-corrected chi connectivity index (χ2v) is 12.0. The molecule has 7 nitrogen and oxygen atoms in total. The number of halogens is 1. The minimum Gasteiger partial charge on any atom is -0.369 e. The van der Waals surface area contributed by atoms with Crippen molar-refractivity contribution in [1.29, 1.82) is 0 Å². The van der Waals surface area contributed by atoms with E-state index < -0.39 is 5.25 Å². The molecule has 1 aliphatic heterocycles. The van der Waals surface area contributed by atoms with Gasteiger partial charge >= 0.3 is 0 Å². The Bertz CT molecular complexity index is 1440. The van der Waals surface area contributed by atoms with Gasteiger partial charge in [-0.1, -0.05) is 91.7 Å². The number of para-hydroxylation sites is 1. The molecule has 3 aromatic rings. The van der Waals surface area contributed by atoms with E-state index in [9.17, 15) is 14.4 Å². The summed E-state index contributed by atoms with van der Waals surface area (Å²) in [5.74, 6) is -0.526. The Morgan fingerprint density at radius 1 is 1.10 bits per heavy atom. The van der Waals surface area contributed by atoms with E-state index in [1.165, 1.54) is 16.7 Å². The van der Waals surface area contributed by atoms with Crippen LogP contribution in [0.2, 0.25) is 5.02 Å². The number of likely N-dealkylation sites (tertiary alicyclic amines) is 1. The Labute approximate surface area is 257 Å². The van der Waals surface area contributed by atoms with Gasteiger partial charge in [-0.15, -0.1) is 0 Å². The molecule has 0 spiro atoms. The molecular formula is C33H37ClN4O3S. The second kappa shape index (κ2) is 15.0. The van der Waals surface area contributed by atoms with Crippen molar-refractivity contribution in [3.63, 3.8) is 0 Å². The quantitative estimate of drug-likeness (QED) is 0.153. The van der Waals surface area contributed by atoms with Crippen LogP contribution in [-0.2, 0) is 14.4 Å². The predicted molar refractivity (Wildman–Crippen MR) is 173 cm³/mol. The van der Waals surface area contributed by atoms with Crippen molar-refractivity contribution in [1.82, 2.24) is 4.90 Å². The summed E-state index contributed by atoms with van der Waals surface area (Å²) in [5.41, 5.74) is 9.53. The zero-order valence-electron chi connectivity index (χ0n) is 24.0. The predicted octanol–water partition coefficient (Wildman–Crippen LogP) is 6.98. The highest BCUT2D eigenvalue weighted by Gasteiger charge is 2.32. The average Bonchev–Trinajstić information content (AvgIpc) is 3.00. The topological polar surface area (TPSA) is 96.1 Å². The van der Waals surface area contributed by atoms with Gasteiger partial charge in [-0.05, 0) is 61.6 Å². The summed E-state index contributed by atoms with van der Waals surface area (Å²) in [6, 6.07) is 22.8. The van der Waals surface area contributed by atoms with Gasteiger partial charge in [0.1, 0.15) is 0 Å². The number of hydrogen-bond acceptors (Lipinski definition) is 5. The minimum absolute atomic E-state index is 0.00970. The number of carbonyl (C=O) groups excluding carboxylic acids is 3. The smallest absolute Gasteiger partial charge is 0.236 e. The van der Waals surface area contributed by atoms with Gasteiger partial charge < -0.3 is 10.6 Å². The second-order valence-electron chi connectivity index (χ2n) is 10.4. The fourth-order valence-electron chi connectivity index (χ4n) is 5.00. The first-order chi connectivity index (χ1) is 20.3. The number of amides is 3. The van der Waals surface area contributed by atoms with Gasteiger partial charge in [-0.3, -0.25) is 19.3 Å². The number of amidine groups is 1. The Balaban J connectivity index is 1.71. The molecule has 3 aromatic carbocycles. The van der Waals surface area contributed by atoms with Gasteiger partial charge in [0.2, 0.25) is 18.2 Å². The standard InChI is InChI=1S/C33H37ClN4O3S/c1-3-4-16-30(32(41)37-19-17-24(18-20-37)31(35)40)42-33(36-29-15-8-5-10-23(29)2)38(22-39)26-12-9-11-25(21-26)27-13-6-7-14-28(27)34/h5-15,21-22,24,30H,3-4,16-20H2,1-2H3,(H2,35,40)/b36-33+. The maximum absolute atomic E-state index is 13.9. The van der Waals surface area contributed by atoms with Crippen LogP contribution in [0.3, 0.4) is 0 Å². The van der Waals surface area contributed by atoms with Crippen molar-refractivity contribution in [2.45, 2.75) is 51.2 Å². The van der Waals surface area contributed by atoms with Crippen LogP contribution in [0.4, 0.5) is 11.4 Å². The van der Waals surface area contributed by atoms with Crippen molar-refractivity contribution in [3.05, 3.63) is 83.4 Å². The van der Waals surface area contributed by atoms with E-state index in [1.54, 1.807) is 0 Å². The lowest BCUT2D eigenvalue weighted by atomic mass is 9.96. The highest BCUT2D eigenvalue weighted by molar-refractivity contribution is 8.15. The number of aliphatic imine (C=N–C) groups is 1. The zero-order valence-corrected chi connectivity index (χ0v) is 25.6. The molecule has 220 valence electrons. The van der Waals surface area contributed by atoms with E-state index in [0.717, 1.165) is 41.6 Å². The molecular weight excluding hydrogens is 568 g/mol. The van der Waals surface area contributed by atoms with Crippen LogP contribution in [-0.4, -0.2) is 46.6 Å². The number of piperidine rings is 1. The lowest BCUT2D eigenvalue weighted by Crippen LogP contribution is -2.45. The fraction of sp³-hybridized carbons (Fsp3) is 0.333. The molecule has 1 aliphatic rings. The Hall–Kier alpha value is -3.62. The number of rotatable bonds is 10. The van der Waals surface area contributed by atoms with Crippen LogP contribution < -0.4 is 10.6 Å². The molecule has 1 fully saturated rings. The highest BCUT2D eigenvalue weighted by atomic mass is 35.5. The number of unbranched alkanes of at least 4 members (excludes halogenated alkanes) is 1. The van der Waals surface area contributed by atoms with Crippen LogP contribution in [0.25, 0.3) is 11.1 Å². The number of benzene rings is 3. The van der Waals surface area contributed by atoms with Crippen LogP contribution in [0.1, 0.15) is 44.6 Å². The van der Waals surface area contributed by atoms with Gasteiger partial charge in [0.05, 0.1) is 16.6 Å². The Morgan fingerprint density at radius 2 is 1.81 bits per heavy atom. The third kappa shape index (κ3) is 7.81. The maximum Gasteiger partial charge on any atom is 0.236 e. The largest absolute Gasteiger partial charge is 0.369 e. The Morgan fingerprint density at radius 3 is 2.48 bits per heavy atom. The fourth-order valence-corrected chi connectivity index (χ4v) is 6.45. The van der Waals surface area contributed by atoms with Crippen LogP contribution in [0, 0.1) is 12.8 Å². The van der Waals surface area contributed by atoms with E-state index in [2.05, 4.69) is 6.92 Å². The molecule has 9 heteroatoms. The van der Waals surface area contributed by atoms with E-state index >= 15 is 0 Å². The van der Waals surface area contributed by atoms with Crippen molar-refractivity contribution in [2.24, 2.45) is 16.6 Å². The molecule has 0 aliphatic carbocycles. The third-order valence-corrected chi connectivity index (χ3v) is 9.05. The number of anilines is 1. The summed E-state index contributed by atoms with van der Waals surface area (Å²) in [6.07, 6.45) is 4.28. The first kappa shape index (κ1) is 31.3. The van der Waals surface area contributed by atoms with Crippen molar-refractivity contribution in [3.8, 4) is 11.1 Å². The molecule has 1 atom stereocenters. The highest BCUT2D eigenvalue weighted by Crippen LogP contribution is 2.34. The average molecular weight is 605 g/mol. The number of thioether (sulfide) groups is 1. The SMILES string of the molecule is CCCCC(S/C(=N/c1ccccc1C)N(C=O)c1cccc(-c2ccccc2Cl)c1)C(=O)N1CCC(C(N)=O)CC1. The van der Waals surface area contributed by atoms with Crippen molar-refractivity contribution < 1.29 is 14.4 Å². The molecule has 0 aromatic heterocycles. The van der Waals surface area contributed by atoms with E-state index in [-0.39, 0.29) is 17.7 Å². The lowest BCUT2D eigenvalue weighted by molar-refractivity contribution is -0.134. The van der Waals surface area contributed by atoms with Crippen LogP contribution in [0.15, 0.2) is 77.8 Å². The zero-order chi connectivity index (χ0) is 30.1. The summed E-state index contributed by atoms with van der Waals surface area (Å²) < 4.78 is 0. The lowest BCUT2D eigenvalue weighted by Gasteiger charge is -2.33. The van der Waals surface area contributed by atoms with Gasteiger partial charge in [0.15, 0.2) is 5.17 Å². The normalized spacial score (nSPS) is 14.8. The first-order valence-electron chi connectivity index (χ1n) is 14.3. The van der Waals surface area contributed by atoms with E-state index in [1.807, 2.05) is 84.6 Å². The molecule has 3 amide bonds. The van der Waals surface area contributed by atoms with Gasteiger partial charge in [0.25, 0.3) is 0 Å². The Kier molecular flexibility index (Phi) is 11.2. The van der Waals surface area contributed by atoms with Crippen molar-refractivity contribution in [2.75, 3.05) is 18.0 Å². The molecule has 4 rings (SSSR count). The molecule has 2 N–H and O–H groups in total. The monoisotopic (exact) mass is 604 g/mol. The number of carbonyl (C=O) groups is 3. The van der Waals surface area contributed by atoms with Crippen LogP contribution in [0.5, 0.6) is 0 Å². The number of hydrogen-bond donors (Lipinski definition) is 1. The van der Waals surface area contributed by atoms with E-state index in [0.29, 0.717) is 48.2 Å². The summed E-state index contributed by atoms with van der Waals surface area (Å²) in [5, 5.41) is 0.574. The van der Waals surface area contributed by atoms with Gasteiger partial charge in [0, 0.05) is 29.6 Å². The molecule has 0 saturated carbocycles. The molecule has 1 heterocycles. The first-order valence-corrected chi connectivity index (χ1v) is 15.6. The number of nitrogens with two attached hydrogens (primary N) is 1. The van der Waals surface area contributed by atoms with Gasteiger partial charge in [-0.25, -0.2) is 4.99 Å². The summed E-state index contributed by atoms with van der Waals surface area (Å²) in [6.45, 7) is 5.02.